The van der Waals surface area contributed by atoms with Crippen LogP contribution in [0, 0.1) is 11.8 Å². The van der Waals surface area contributed by atoms with Gasteiger partial charge in [-0.2, -0.15) is 0 Å². The number of amides is 1. The molecule has 0 aliphatic heterocycles. The lowest BCUT2D eigenvalue weighted by Crippen LogP contribution is -2.43. The highest BCUT2D eigenvalue weighted by Crippen LogP contribution is 2.26. The summed E-state index contributed by atoms with van der Waals surface area (Å²) in [6, 6.07) is 0.313. The summed E-state index contributed by atoms with van der Waals surface area (Å²) in [7, 11) is 0. The summed E-state index contributed by atoms with van der Waals surface area (Å²) in [6.45, 7) is 4.61. The van der Waals surface area contributed by atoms with Crippen LogP contribution >= 0.6 is 0 Å². The summed E-state index contributed by atoms with van der Waals surface area (Å²) in [4.78, 5) is 11.9. The number of hydrogen-bond acceptors (Lipinski definition) is 2. The van der Waals surface area contributed by atoms with E-state index in [9.17, 15) is 4.79 Å². The second kappa shape index (κ2) is 6.89. The summed E-state index contributed by atoms with van der Waals surface area (Å²) in [5.74, 6) is 0.807. The zero-order valence-corrected chi connectivity index (χ0v) is 10.7. The number of carbonyl (C=O) groups excluding carboxylic acids is 1. The second-order valence-corrected chi connectivity index (χ2v) is 5.04. The van der Waals surface area contributed by atoms with Gasteiger partial charge in [0, 0.05) is 18.5 Å². The Morgan fingerprint density at radius 1 is 1.38 bits per heavy atom. The molecule has 0 spiro atoms. The number of rotatable bonds is 5. The van der Waals surface area contributed by atoms with Crippen molar-refractivity contribution in [3.8, 4) is 0 Å². The van der Waals surface area contributed by atoms with Gasteiger partial charge in [0.15, 0.2) is 0 Å². The molecule has 0 aromatic rings. The molecule has 1 aliphatic rings. The average molecular weight is 226 g/mol. The standard InChI is InChI=1S/C13H26N2O/c1-3-11(9-14)13(16)15-10(2)12-7-5-4-6-8-12/h10-12H,3-9,14H2,1-2H3,(H,15,16)/t10-,11?/m0/s1. The lowest BCUT2D eigenvalue weighted by molar-refractivity contribution is -0.125. The van der Waals surface area contributed by atoms with E-state index in [1.54, 1.807) is 0 Å². The smallest absolute Gasteiger partial charge is 0.224 e. The van der Waals surface area contributed by atoms with Crippen LogP contribution in [0.5, 0.6) is 0 Å². The Balaban J connectivity index is 2.36. The molecule has 1 saturated carbocycles. The van der Waals surface area contributed by atoms with Crippen molar-refractivity contribution in [1.29, 1.82) is 0 Å². The highest BCUT2D eigenvalue weighted by molar-refractivity contribution is 5.79. The van der Waals surface area contributed by atoms with Crippen LogP contribution in [-0.4, -0.2) is 18.5 Å². The molecule has 0 radical (unpaired) electrons. The topological polar surface area (TPSA) is 55.1 Å². The van der Waals surface area contributed by atoms with Crippen LogP contribution < -0.4 is 11.1 Å². The van der Waals surface area contributed by atoms with Crippen molar-refractivity contribution >= 4 is 5.91 Å². The number of carbonyl (C=O) groups is 1. The minimum absolute atomic E-state index is 0.00830. The number of nitrogens with two attached hydrogens (primary N) is 1. The van der Waals surface area contributed by atoms with E-state index in [0.717, 1.165) is 6.42 Å². The molecule has 0 aromatic heterocycles. The van der Waals surface area contributed by atoms with Crippen molar-refractivity contribution in [2.75, 3.05) is 6.54 Å². The monoisotopic (exact) mass is 226 g/mol. The van der Waals surface area contributed by atoms with Gasteiger partial charge in [-0.15, -0.1) is 0 Å². The molecular weight excluding hydrogens is 200 g/mol. The Morgan fingerprint density at radius 2 is 2.00 bits per heavy atom. The maximum Gasteiger partial charge on any atom is 0.224 e. The van der Waals surface area contributed by atoms with E-state index in [0.29, 0.717) is 18.5 Å². The zero-order chi connectivity index (χ0) is 12.0. The van der Waals surface area contributed by atoms with Crippen molar-refractivity contribution in [2.45, 2.75) is 58.4 Å². The van der Waals surface area contributed by atoms with Crippen LogP contribution in [0.2, 0.25) is 0 Å². The Morgan fingerprint density at radius 3 is 2.50 bits per heavy atom. The van der Waals surface area contributed by atoms with Gasteiger partial charge in [0.05, 0.1) is 0 Å². The Hall–Kier alpha value is -0.570. The lowest BCUT2D eigenvalue weighted by Gasteiger charge is -2.29. The highest BCUT2D eigenvalue weighted by atomic mass is 16.1. The molecule has 0 heterocycles. The van der Waals surface area contributed by atoms with Gasteiger partial charge in [-0.1, -0.05) is 26.2 Å². The van der Waals surface area contributed by atoms with Crippen LogP contribution in [0.25, 0.3) is 0 Å². The second-order valence-electron chi connectivity index (χ2n) is 5.04. The minimum atomic E-state index is -0.00830. The molecule has 0 aromatic carbocycles. The summed E-state index contributed by atoms with van der Waals surface area (Å²) in [6.07, 6.45) is 7.36. The molecule has 1 unspecified atom stereocenters. The van der Waals surface area contributed by atoms with E-state index in [1.165, 1.54) is 32.1 Å². The molecule has 1 amide bonds. The first-order valence-corrected chi connectivity index (χ1v) is 6.69. The third-order valence-electron chi connectivity index (χ3n) is 3.87. The van der Waals surface area contributed by atoms with Crippen molar-refractivity contribution in [1.82, 2.24) is 5.32 Å². The highest BCUT2D eigenvalue weighted by Gasteiger charge is 2.23. The van der Waals surface area contributed by atoms with Gasteiger partial charge < -0.3 is 11.1 Å². The molecule has 2 atom stereocenters. The van der Waals surface area contributed by atoms with Crippen molar-refractivity contribution in [3.05, 3.63) is 0 Å². The normalized spacial score (nSPS) is 21.4. The van der Waals surface area contributed by atoms with Gasteiger partial charge in [-0.05, 0) is 32.1 Å². The minimum Gasteiger partial charge on any atom is -0.353 e. The molecule has 16 heavy (non-hydrogen) atoms. The van der Waals surface area contributed by atoms with Gasteiger partial charge in [0.25, 0.3) is 0 Å². The Bertz CT molecular complexity index is 208. The van der Waals surface area contributed by atoms with Crippen molar-refractivity contribution < 1.29 is 4.79 Å². The Labute approximate surface area is 99.2 Å². The molecule has 1 rings (SSSR count). The fourth-order valence-corrected chi connectivity index (χ4v) is 2.55. The number of hydrogen-bond donors (Lipinski definition) is 2. The van der Waals surface area contributed by atoms with Crippen molar-refractivity contribution in [2.24, 2.45) is 17.6 Å². The fourth-order valence-electron chi connectivity index (χ4n) is 2.55. The summed E-state index contributed by atoms with van der Waals surface area (Å²) < 4.78 is 0. The Kier molecular flexibility index (Phi) is 5.81. The zero-order valence-electron chi connectivity index (χ0n) is 10.7. The third-order valence-corrected chi connectivity index (χ3v) is 3.87. The number of nitrogens with one attached hydrogen (secondary N) is 1. The molecule has 3 heteroatoms. The van der Waals surface area contributed by atoms with E-state index in [2.05, 4.69) is 12.2 Å². The lowest BCUT2D eigenvalue weighted by atomic mass is 9.84. The maximum atomic E-state index is 11.9. The first kappa shape index (κ1) is 13.5. The van der Waals surface area contributed by atoms with E-state index < -0.39 is 0 Å². The molecule has 3 N–H and O–H groups in total. The average Bonchev–Trinajstić information content (AvgIpc) is 2.31. The van der Waals surface area contributed by atoms with Crippen LogP contribution in [0.15, 0.2) is 0 Å². The fraction of sp³-hybridized carbons (Fsp3) is 0.923. The van der Waals surface area contributed by atoms with E-state index in [-0.39, 0.29) is 11.8 Å². The van der Waals surface area contributed by atoms with Gasteiger partial charge in [-0.3, -0.25) is 4.79 Å². The van der Waals surface area contributed by atoms with Gasteiger partial charge in [0.2, 0.25) is 5.91 Å². The molecule has 0 bridgehead atoms. The quantitative estimate of drug-likeness (QED) is 0.754. The first-order valence-electron chi connectivity index (χ1n) is 6.69. The summed E-state index contributed by atoms with van der Waals surface area (Å²) >= 11 is 0. The van der Waals surface area contributed by atoms with Crippen LogP contribution in [0.3, 0.4) is 0 Å². The van der Waals surface area contributed by atoms with E-state index in [1.807, 2.05) is 6.92 Å². The predicted molar refractivity (Wildman–Crippen MR) is 67.0 cm³/mol. The van der Waals surface area contributed by atoms with Crippen LogP contribution in [0.1, 0.15) is 52.4 Å². The SMILES string of the molecule is CCC(CN)C(=O)N[C@@H](C)C1CCCCC1. The molecule has 1 aliphatic carbocycles. The van der Waals surface area contributed by atoms with Crippen LogP contribution in [-0.2, 0) is 4.79 Å². The van der Waals surface area contributed by atoms with Crippen molar-refractivity contribution in [3.63, 3.8) is 0 Å². The van der Waals surface area contributed by atoms with Gasteiger partial charge >= 0.3 is 0 Å². The largest absolute Gasteiger partial charge is 0.353 e. The van der Waals surface area contributed by atoms with E-state index in [4.69, 9.17) is 5.73 Å². The molecule has 0 saturated heterocycles. The molecule has 1 fully saturated rings. The molecular formula is C13H26N2O. The van der Waals surface area contributed by atoms with Gasteiger partial charge in [-0.25, -0.2) is 0 Å². The predicted octanol–water partition coefficient (Wildman–Crippen LogP) is 2.06. The molecule has 94 valence electrons. The third kappa shape index (κ3) is 3.78. The van der Waals surface area contributed by atoms with Crippen LogP contribution in [0.4, 0.5) is 0 Å². The summed E-state index contributed by atoms with van der Waals surface area (Å²) in [5, 5.41) is 3.13. The molecule has 3 nitrogen and oxygen atoms in total. The van der Waals surface area contributed by atoms with Gasteiger partial charge in [0.1, 0.15) is 0 Å². The maximum absolute atomic E-state index is 11.9. The first-order chi connectivity index (χ1) is 7.69. The summed E-state index contributed by atoms with van der Waals surface area (Å²) in [5.41, 5.74) is 5.58. The van der Waals surface area contributed by atoms with E-state index >= 15 is 0 Å².